The summed E-state index contributed by atoms with van der Waals surface area (Å²) in [6.07, 6.45) is 10.2. The van der Waals surface area contributed by atoms with E-state index in [0.29, 0.717) is 37.5 Å². The summed E-state index contributed by atoms with van der Waals surface area (Å²) in [6, 6.07) is -0.0185. The molecule has 13 nitrogen and oxygen atoms in total. The SMILES string of the molecule is COC1CC(CCC2CC(O)C(CCO)C(C3CC(OC)C(O)C(OCC4NC(C)CC5(CCCC5)C4(CC(=O)O)CC4CCNC(N)C4)C3)O2)CCC1O. The van der Waals surface area contributed by atoms with Gasteiger partial charge in [0.05, 0.1) is 61.9 Å². The Bertz CT molecular complexity index is 1210. The quantitative estimate of drug-likeness (QED) is 0.121. The van der Waals surface area contributed by atoms with Crippen LogP contribution in [0.3, 0.4) is 0 Å². The van der Waals surface area contributed by atoms with Crippen LogP contribution in [0, 0.1) is 34.5 Å². The summed E-state index contributed by atoms with van der Waals surface area (Å²) >= 11 is 0. The molecule has 3 saturated carbocycles. The topological polar surface area (TPSA) is 205 Å². The Balaban J connectivity index is 1.20. The molecule has 0 aromatic rings. The molecule has 16 unspecified atom stereocenters. The van der Waals surface area contributed by atoms with E-state index in [0.717, 1.165) is 90.0 Å². The van der Waals surface area contributed by atoms with E-state index in [1.54, 1.807) is 14.2 Å². The summed E-state index contributed by atoms with van der Waals surface area (Å²) in [5.41, 5.74) is 5.76. The molecule has 0 amide bonds. The van der Waals surface area contributed by atoms with Gasteiger partial charge in [0, 0.05) is 44.2 Å². The third-order valence-electron chi connectivity index (χ3n) is 15.5. The van der Waals surface area contributed by atoms with Crippen LogP contribution in [0.15, 0.2) is 0 Å². The molecule has 3 saturated heterocycles. The van der Waals surface area contributed by atoms with Gasteiger partial charge in [-0.3, -0.25) is 4.79 Å². The largest absolute Gasteiger partial charge is 0.481 e. The van der Waals surface area contributed by atoms with Gasteiger partial charge in [0.2, 0.25) is 0 Å². The van der Waals surface area contributed by atoms with Gasteiger partial charge in [0.1, 0.15) is 6.10 Å². The Kier molecular flexibility index (Phi) is 15.4. The number of rotatable bonds is 15. The fourth-order valence-electron chi connectivity index (χ4n) is 12.9. The molecular weight excluding hydrogens is 706 g/mol. The smallest absolute Gasteiger partial charge is 0.303 e. The summed E-state index contributed by atoms with van der Waals surface area (Å²) in [7, 11) is 3.27. The molecule has 3 aliphatic carbocycles. The Hall–Kier alpha value is -0.970. The lowest BCUT2D eigenvalue weighted by Crippen LogP contribution is -2.66. The van der Waals surface area contributed by atoms with Crippen LogP contribution >= 0.6 is 0 Å². The predicted octanol–water partition coefficient (Wildman–Crippen LogP) is 3.08. The second-order valence-corrected chi connectivity index (χ2v) is 18.9. The number of carboxylic acid groups (broad SMARTS) is 1. The number of hydrogen-bond donors (Lipinski definition) is 8. The number of aliphatic carboxylic acids is 1. The van der Waals surface area contributed by atoms with Crippen LogP contribution in [0.2, 0.25) is 0 Å². The van der Waals surface area contributed by atoms with Crippen molar-refractivity contribution in [3.8, 4) is 0 Å². The molecule has 13 heteroatoms. The Morgan fingerprint density at radius 1 is 0.891 bits per heavy atom. The van der Waals surface area contributed by atoms with Gasteiger partial charge in [-0.1, -0.05) is 12.8 Å². The van der Waals surface area contributed by atoms with E-state index in [-0.39, 0.29) is 73.4 Å². The lowest BCUT2D eigenvalue weighted by Gasteiger charge is -2.60. The number of carbonyl (C=O) groups is 1. The van der Waals surface area contributed by atoms with Crippen molar-refractivity contribution in [3.05, 3.63) is 0 Å². The lowest BCUT2D eigenvalue weighted by atomic mass is 9.50. The van der Waals surface area contributed by atoms with E-state index in [4.69, 9.17) is 24.7 Å². The van der Waals surface area contributed by atoms with Crippen molar-refractivity contribution in [2.75, 3.05) is 34.0 Å². The molecule has 0 bridgehead atoms. The zero-order valence-electron chi connectivity index (χ0n) is 33.9. The number of aliphatic hydroxyl groups excluding tert-OH is 4. The number of hydrogen-bond acceptors (Lipinski definition) is 12. The van der Waals surface area contributed by atoms with Crippen LogP contribution in [-0.4, -0.2) is 133 Å². The average Bonchev–Trinajstić information content (AvgIpc) is 3.62. The van der Waals surface area contributed by atoms with Gasteiger partial charge in [-0.2, -0.15) is 0 Å². The van der Waals surface area contributed by atoms with Gasteiger partial charge in [-0.25, -0.2) is 0 Å². The third-order valence-corrected chi connectivity index (χ3v) is 15.5. The van der Waals surface area contributed by atoms with Crippen LogP contribution in [-0.2, 0) is 23.7 Å². The summed E-state index contributed by atoms with van der Waals surface area (Å²) in [5.74, 6) is -0.396. The first kappa shape index (κ1) is 43.6. The van der Waals surface area contributed by atoms with E-state index in [2.05, 4.69) is 17.6 Å². The maximum Gasteiger partial charge on any atom is 0.303 e. The second kappa shape index (κ2) is 19.4. The molecule has 16 atom stereocenters. The van der Waals surface area contributed by atoms with Crippen LogP contribution in [0.1, 0.15) is 122 Å². The highest BCUT2D eigenvalue weighted by atomic mass is 16.5. The fourth-order valence-corrected chi connectivity index (χ4v) is 12.9. The van der Waals surface area contributed by atoms with Gasteiger partial charge < -0.3 is 60.8 Å². The molecule has 318 valence electrons. The van der Waals surface area contributed by atoms with E-state index in [1.807, 2.05) is 0 Å². The fraction of sp³-hybridized carbons (Fsp3) is 0.976. The number of ether oxygens (including phenoxy) is 4. The lowest BCUT2D eigenvalue weighted by molar-refractivity contribution is -0.203. The van der Waals surface area contributed by atoms with Crippen LogP contribution < -0.4 is 16.4 Å². The predicted molar refractivity (Wildman–Crippen MR) is 207 cm³/mol. The van der Waals surface area contributed by atoms with E-state index in [9.17, 15) is 30.3 Å². The Morgan fingerprint density at radius 3 is 2.33 bits per heavy atom. The molecule has 6 rings (SSSR count). The van der Waals surface area contributed by atoms with Crippen molar-refractivity contribution in [2.24, 2.45) is 40.2 Å². The van der Waals surface area contributed by atoms with E-state index in [1.165, 1.54) is 0 Å². The van der Waals surface area contributed by atoms with E-state index < -0.39 is 41.9 Å². The van der Waals surface area contributed by atoms with Crippen LogP contribution in [0.25, 0.3) is 0 Å². The minimum absolute atomic E-state index is 0.0566. The molecule has 9 N–H and O–H groups in total. The van der Waals surface area contributed by atoms with Gasteiger partial charge >= 0.3 is 5.97 Å². The Morgan fingerprint density at radius 2 is 1.64 bits per heavy atom. The number of piperidine rings is 2. The molecule has 6 aliphatic rings. The van der Waals surface area contributed by atoms with Crippen molar-refractivity contribution in [1.29, 1.82) is 0 Å². The molecule has 0 aromatic carbocycles. The summed E-state index contributed by atoms with van der Waals surface area (Å²) in [5, 5.41) is 61.4. The second-order valence-electron chi connectivity index (χ2n) is 18.9. The minimum Gasteiger partial charge on any atom is -0.481 e. The molecule has 1 spiro atoms. The zero-order valence-corrected chi connectivity index (χ0v) is 33.9. The number of methoxy groups -OCH3 is 2. The number of nitrogens with two attached hydrogens (primary N) is 1. The molecule has 0 aromatic heterocycles. The van der Waals surface area contributed by atoms with Gasteiger partial charge in [-0.05, 0) is 133 Å². The summed E-state index contributed by atoms with van der Waals surface area (Å²) in [6.45, 7) is 3.26. The highest BCUT2D eigenvalue weighted by molar-refractivity contribution is 5.68. The van der Waals surface area contributed by atoms with Crippen molar-refractivity contribution in [1.82, 2.24) is 10.6 Å². The van der Waals surface area contributed by atoms with Crippen LogP contribution in [0.4, 0.5) is 0 Å². The first-order valence-corrected chi connectivity index (χ1v) is 21.8. The van der Waals surface area contributed by atoms with Crippen molar-refractivity contribution >= 4 is 5.97 Å². The average molecular weight is 782 g/mol. The van der Waals surface area contributed by atoms with E-state index >= 15 is 0 Å². The minimum atomic E-state index is -0.880. The van der Waals surface area contributed by atoms with Gasteiger partial charge in [-0.15, -0.1) is 0 Å². The molecule has 55 heavy (non-hydrogen) atoms. The normalized spacial score (nSPS) is 45.1. The monoisotopic (exact) mass is 782 g/mol. The number of nitrogens with one attached hydrogen (secondary N) is 2. The molecule has 3 aliphatic heterocycles. The first-order valence-electron chi connectivity index (χ1n) is 21.8. The van der Waals surface area contributed by atoms with Crippen molar-refractivity contribution < 1.29 is 49.3 Å². The molecule has 6 fully saturated rings. The maximum absolute atomic E-state index is 12.9. The third kappa shape index (κ3) is 9.91. The summed E-state index contributed by atoms with van der Waals surface area (Å²) in [4.78, 5) is 12.9. The first-order chi connectivity index (χ1) is 26.4. The highest BCUT2D eigenvalue weighted by Crippen LogP contribution is 2.63. The van der Waals surface area contributed by atoms with Gasteiger partial charge in [0.25, 0.3) is 0 Å². The van der Waals surface area contributed by atoms with Crippen molar-refractivity contribution in [2.45, 2.75) is 190 Å². The standard InChI is InChI=1S/C42H75N3O10/c1-25-21-41(12-4-5-13-41)42(23-38(49)50,22-27-10-14-44-37(43)17-27)36(45-25)24-54-35-19-28(18-34(53-3)39(35)51)40-30(11-15-46)32(48)20-29(55-40)8-6-26-7-9-31(47)33(16-26)52-2/h25-37,39-40,44-48,51H,4-24,43H2,1-3H3,(H,49,50). The molecule has 0 radical (unpaired) electrons. The molecular formula is C42H75N3O10. The van der Waals surface area contributed by atoms with Crippen molar-refractivity contribution in [3.63, 3.8) is 0 Å². The summed E-state index contributed by atoms with van der Waals surface area (Å²) < 4.78 is 25.2. The van der Waals surface area contributed by atoms with Crippen LogP contribution in [0.5, 0.6) is 0 Å². The Labute approximate surface area is 329 Å². The number of aliphatic hydroxyl groups is 4. The van der Waals surface area contributed by atoms with Gasteiger partial charge in [0.15, 0.2) is 0 Å². The number of carboxylic acids is 1. The highest BCUT2D eigenvalue weighted by Gasteiger charge is 2.61. The molecule has 3 heterocycles. The zero-order chi connectivity index (χ0) is 39.3. The maximum atomic E-state index is 12.9.